The van der Waals surface area contributed by atoms with Crippen LogP contribution >= 0.6 is 11.3 Å². The average molecular weight is 560 g/mol. The number of piperidine rings is 1. The van der Waals surface area contributed by atoms with Crippen molar-refractivity contribution in [2.75, 3.05) is 6.61 Å². The van der Waals surface area contributed by atoms with Gasteiger partial charge in [0.2, 0.25) is 17.7 Å². The molecular weight excluding hydrogens is 530 g/mol. The lowest BCUT2D eigenvalue weighted by Crippen LogP contribution is -2.54. The van der Waals surface area contributed by atoms with Gasteiger partial charge in [0.05, 0.1) is 24.3 Å². The minimum Gasteiger partial charge on any atom is -0.493 e. The summed E-state index contributed by atoms with van der Waals surface area (Å²) in [5.74, 6) is -2.19. The molecule has 0 aliphatic carbocycles. The normalized spacial score (nSPS) is 16.6. The van der Waals surface area contributed by atoms with Gasteiger partial charge in [0, 0.05) is 22.6 Å². The zero-order valence-electron chi connectivity index (χ0n) is 22.0. The molecule has 0 radical (unpaired) electrons. The molecule has 0 saturated carbocycles. The van der Waals surface area contributed by atoms with Gasteiger partial charge < -0.3 is 10.1 Å². The first kappa shape index (κ1) is 27.3. The SMILES string of the molecule is CCc1cccc(-c2ccc(CNC(=O)CCCOc3cccc4c3C(=O)N(C3CCC(=O)NC3=O)C4=O)s2)c1. The molecule has 10 heteroatoms. The van der Waals surface area contributed by atoms with Crippen LogP contribution < -0.4 is 15.4 Å². The number of ether oxygens (including phenoxy) is 1. The molecule has 5 amide bonds. The molecule has 40 heavy (non-hydrogen) atoms. The van der Waals surface area contributed by atoms with E-state index in [1.54, 1.807) is 23.5 Å². The number of carbonyl (C=O) groups excluding carboxylic acids is 5. The van der Waals surface area contributed by atoms with Crippen LogP contribution in [0.1, 0.15) is 63.8 Å². The molecular formula is C30H29N3O6S. The summed E-state index contributed by atoms with van der Waals surface area (Å²) < 4.78 is 5.80. The number of hydrogen-bond acceptors (Lipinski definition) is 7. The third kappa shape index (κ3) is 5.67. The Labute approximate surface area is 235 Å². The first-order valence-corrected chi connectivity index (χ1v) is 14.1. The maximum Gasteiger partial charge on any atom is 0.266 e. The Morgan fingerprint density at radius 2 is 1.90 bits per heavy atom. The molecule has 0 spiro atoms. The third-order valence-corrected chi connectivity index (χ3v) is 8.11. The molecule has 1 aromatic heterocycles. The van der Waals surface area contributed by atoms with Crippen LogP contribution in [0.5, 0.6) is 5.75 Å². The van der Waals surface area contributed by atoms with Crippen molar-refractivity contribution in [2.24, 2.45) is 0 Å². The molecule has 1 saturated heterocycles. The number of nitrogens with one attached hydrogen (secondary N) is 2. The lowest BCUT2D eigenvalue weighted by Gasteiger charge is -2.27. The number of amides is 5. The predicted octanol–water partition coefficient (Wildman–Crippen LogP) is 3.85. The van der Waals surface area contributed by atoms with Gasteiger partial charge in [-0.1, -0.05) is 37.3 Å². The summed E-state index contributed by atoms with van der Waals surface area (Å²) >= 11 is 1.65. The summed E-state index contributed by atoms with van der Waals surface area (Å²) in [6, 6.07) is 16.2. The number of benzene rings is 2. The molecule has 3 heterocycles. The molecule has 1 unspecified atom stereocenters. The summed E-state index contributed by atoms with van der Waals surface area (Å²) in [5.41, 5.74) is 2.71. The van der Waals surface area contributed by atoms with Crippen molar-refractivity contribution in [1.82, 2.24) is 15.5 Å². The van der Waals surface area contributed by atoms with Crippen LogP contribution in [0, 0.1) is 0 Å². The van der Waals surface area contributed by atoms with Gasteiger partial charge in [-0.15, -0.1) is 11.3 Å². The van der Waals surface area contributed by atoms with Crippen molar-refractivity contribution in [3.63, 3.8) is 0 Å². The number of nitrogens with zero attached hydrogens (tertiary/aromatic N) is 1. The molecule has 3 aromatic rings. The Hall–Kier alpha value is -4.31. The topological polar surface area (TPSA) is 122 Å². The van der Waals surface area contributed by atoms with Crippen LogP contribution in [-0.4, -0.2) is 47.1 Å². The van der Waals surface area contributed by atoms with E-state index in [4.69, 9.17) is 4.74 Å². The van der Waals surface area contributed by atoms with E-state index < -0.39 is 29.7 Å². The van der Waals surface area contributed by atoms with Gasteiger partial charge in [-0.05, 0) is 54.7 Å². The van der Waals surface area contributed by atoms with Gasteiger partial charge in [0.15, 0.2) is 0 Å². The summed E-state index contributed by atoms with van der Waals surface area (Å²) in [4.78, 5) is 65.4. The number of imide groups is 2. The Morgan fingerprint density at radius 1 is 1.07 bits per heavy atom. The molecule has 0 bridgehead atoms. The molecule has 5 rings (SSSR count). The van der Waals surface area contributed by atoms with Crippen molar-refractivity contribution in [1.29, 1.82) is 0 Å². The van der Waals surface area contributed by atoms with Gasteiger partial charge in [-0.25, -0.2) is 0 Å². The minimum absolute atomic E-state index is 0.0513. The van der Waals surface area contributed by atoms with Crippen molar-refractivity contribution in [3.8, 4) is 16.2 Å². The first-order chi connectivity index (χ1) is 19.4. The number of carbonyl (C=O) groups is 5. The number of thiophene rings is 1. The van der Waals surface area contributed by atoms with Crippen LogP contribution in [-0.2, 0) is 27.3 Å². The first-order valence-electron chi connectivity index (χ1n) is 13.3. The zero-order chi connectivity index (χ0) is 28.2. The van der Waals surface area contributed by atoms with Gasteiger partial charge in [0.25, 0.3) is 11.8 Å². The lowest BCUT2D eigenvalue weighted by atomic mass is 10.0. The van der Waals surface area contributed by atoms with E-state index in [2.05, 4.69) is 47.9 Å². The Bertz CT molecular complexity index is 1500. The minimum atomic E-state index is -1.04. The molecule has 1 atom stereocenters. The second kappa shape index (κ2) is 11.8. The highest BCUT2D eigenvalue weighted by Gasteiger charge is 2.46. The molecule has 2 aliphatic rings. The highest BCUT2D eigenvalue weighted by Crippen LogP contribution is 2.34. The largest absolute Gasteiger partial charge is 0.493 e. The van der Waals surface area contributed by atoms with Crippen molar-refractivity contribution in [2.45, 2.75) is 51.6 Å². The standard InChI is InChI=1S/C30H29N3O6S/c1-2-18-6-3-7-19(16-18)24-13-11-20(40-24)17-31-25(34)10-5-15-39-23-9-4-8-21-27(23)30(38)33(29(21)37)22-12-14-26(35)32-28(22)36/h3-4,6-9,11,13,16,22H,2,5,10,12,14-15,17H2,1H3,(H,31,34)(H,32,35,36). The Balaban J connectivity index is 1.11. The Morgan fingerprint density at radius 3 is 2.70 bits per heavy atom. The number of aryl methyl sites for hydroxylation is 1. The van der Waals surface area contributed by atoms with Gasteiger partial charge in [-0.2, -0.15) is 0 Å². The lowest BCUT2D eigenvalue weighted by molar-refractivity contribution is -0.136. The van der Waals surface area contributed by atoms with E-state index in [1.807, 2.05) is 6.07 Å². The predicted molar refractivity (Wildman–Crippen MR) is 149 cm³/mol. The molecule has 2 N–H and O–H groups in total. The van der Waals surface area contributed by atoms with E-state index >= 15 is 0 Å². The molecule has 9 nitrogen and oxygen atoms in total. The summed E-state index contributed by atoms with van der Waals surface area (Å²) in [5, 5.41) is 5.12. The maximum absolute atomic E-state index is 13.1. The van der Waals surface area contributed by atoms with Crippen LogP contribution in [0.3, 0.4) is 0 Å². The summed E-state index contributed by atoms with van der Waals surface area (Å²) in [6.07, 6.45) is 1.76. The average Bonchev–Trinajstić information content (AvgIpc) is 3.53. The van der Waals surface area contributed by atoms with E-state index in [1.165, 1.54) is 17.2 Å². The zero-order valence-corrected chi connectivity index (χ0v) is 22.8. The summed E-state index contributed by atoms with van der Waals surface area (Å²) in [7, 11) is 0. The van der Waals surface area contributed by atoms with Crippen molar-refractivity contribution < 1.29 is 28.7 Å². The van der Waals surface area contributed by atoms with E-state index in [0.29, 0.717) is 13.0 Å². The van der Waals surface area contributed by atoms with Crippen molar-refractivity contribution in [3.05, 3.63) is 76.2 Å². The highest BCUT2D eigenvalue weighted by atomic mass is 32.1. The number of hydrogen-bond donors (Lipinski definition) is 2. The fourth-order valence-corrected chi connectivity index (χ4v) is 5.81. The van der Waals surface area contributed by atoms with E-state index in [9.17, 15) is 24.0 Å². The fraction of sp³-hybridized carbons (Fsp3) is 0.300. The highest BCUT2D eigenvalue weighted by molar-refractivity contribution is 7.15. The fourth-order valence-electron chi connectivity index (χ4n) is 4.87. The van der Waals surface area contributed by atoms with E-state index in [-0.39, 0.29) is 48.7 Å². The number of rotatable bonds is 10. The van der Waals surface area contributed by atoms with Crippen LogP contribution in [0.4, 0.5) is 0 Å². The molecule has 206 valence electrons. The molecule has 2 aliphatic heterocycles. The monoisotopic (exact) mass is 559 g/mol. The van der Waals surface area contributed by atoms with Crippen LogP contribution in [0.15, 0.2) is 54.6 Å². The number of fused-ring (bicyclic) bond motifs is 1. The smallest absolute Gasteiger partial charge is 0.266 e. The maximum atomic E-state index is 13.1. The molecule has 1 fully saturated rings. The van der Waals surface area contributed by atoms with Gasteiger partial charge in [-0.3, -0.25) is 34.2 Å². The second-order valence-electron chi connectivity index (χ2n) is 9.67. The van der Waals surface area contributed by atoms with E-state index in [0.717, 1.165) is 21.1 Å². The summed E-state index contributed by atoms with van der Waals surface area (Å²) in [6.45, 7) is 2.74. The van der Waals surface area contributed by atoms with Gasteiger partial charge in [0.1, 0.15) is 11.8 Å². The second-order valence-corrected chi connectivity index (χ2v) is 10.8. The Kier molecular flexibility index (Phi) is 8.06. The quantitative estimate of drug-likeness (QED) is 0.287. The van der Waals surface area contributed by atoms with Crippen LogP contribution in [0.25, 0.3) is 10.4 Å². The van der Waals surface area contributed by atoms with Crippen LogP contribution in [0.2, 0.25) is 0 Å². The molecule has 2 aromatic carbocycles. The third-order valence-electron chi connectivity index (χ3n) is 6.98. The van der Waals surface area contributed by atoms with Gasteiger partial charge >= 0.3 is 0 Å². The van der Waals surface area contributed by atoms with Crippen molar-refractivity contribution >= 4 is 40.9 Å².